The molecule has 0 bridgehead atoms. The monoisotopic (exact) mass is 305 g/mol. The van der Waals surface area contributed by atoms with Crippen molar-refractivity contribution >= 4 is 27.5 Å². The van der Waals surface area contributed by atoms with Gasteiger partial charge in [-0.25, -0.2) is 4.98 Å². The highest BCUT2D eigenvalue weighted by atomic mass is 15.1. The summed E-state index contributed by atoms with van der Waals surface area (Å²) >= 11 is 0. The number of anilines is 1. The van der Waals surface area contributed by atoms with Crippen LogP contribution in [0.25, 0.3) is 21.8 Å². The lowest BCUT2D eigenvalue weighted by Gasteiger charge is -2.35. The normalized spacial score (nSPS) is 16.3. The summed E-state index contributed by atoms with van der Waals surface area (Å²) in [5.41, 5.74) is 9.27. The van der Waals surface area contributed by atoms with Gasteiger partial charge in [-0.05, 0) is 43.9 Å². The number of piperidine rings is 1. The van der Waals surface area contributed by atoms with Crippen LogP contribution in [0.5, 0.6) is 0 Å². The van der Waals surface area contributed by atoms with E-state index in [4.69, 9.17) is 10.7 Å². The van der Waals surface area contributed by atoms with Crippen LogP contribution in [-0.2, 0) is 0 Å². The first kappa shape index (κ1) is 14.5. The van der Waals surface area contributed by atoms with Crippen LogP contribution in [0.4, 0.5) is 5.69 Å². The second-order valence-corrected chi connectivity index (χ2v) is 6.50. The van der Waals surface area contributed by atoms with E-state index in [0.29, 0.717) is 0 Å². The fourth-order valence-corrected chi connectivity index (χ4v) is 3.84. The minimum absolute atomic E-state index is 0.788. The van der Waals surface area contributed by atoms with Gasteiger partial charge in [-0.15, -0.1) is 0 Å². The third-order valence-electron chi connectivity index (χ3n) is 5.06. The number of hydrogen-bond donors (Lipinski definition) is 1. The number of para-hydroxylation sites is 2. The first-order chi connectivity index (χ1) is 11.4. The molecular formula is C20H23N3. The van der Waals surface area contributed by atoms with Gasteiger partial charge < -0.3 is 10.6 Å². The summed E-state index contributed by atoms with van der Waals surface area (Å²) in [6.07, 6.45) is 3.63. The van der Waals surface area contributed by atoms with Gasteiger partial charge >= 0.3 is 0 Å². The molecule has 2 heterocycles. The predicted octanol–water partition coefficient (Wildman–Crippen LogP) is 3.95. The molecule has 2 N–H and O–H groups in total. The van der Waals surface area contributed by atoms with E-state index in [1.807, 2.05) is 0 Å². The van der Waals surface area contributed by atoms with Crippen LogP contribution in [0.3, 0.4) is 0 Å². The molecule has 3 heteroatoms. The van der Waals surface area contributed by atoms with E-state index in [9.17, 15) is 0 Å². The molecule has 1 aromatic heterocycles. The van der Waals surface area contributed by atoms with Crippen molar-refractivity contribution in [1.82, 2.24) is 4.98 Å². The van der Waals surface area contributed by atoms with Gasteiger partial charge in [0.05, 0.1) is 16.7 Å². The largest absolute Gasteiger partial charge is 0.370 e. The van der Waals surface area contributed by atoms with Crippen molar-refractivity contribution < 1.29 is 0 Å². The minimum Gasteiger partial charge on any atom is -0.370 e. The molecule has 1 fully saturated rings. The number of rotatable bonds is 3. The quantitative estimate of drug-likeness (QED) is 0.745. The lowest BCUT2D eigenvalue weighted by Crippen LogP contribution is -2.34. The van der Waals surface area contributed by atoms with Crippen molar-refractivity contribution in [3.63, 3.8) is 0 Å². The van der Waals surface area contributed by atoms with Crippen LogP contribution in [-0.4, -0.2) is 24.6 Å². The van der Waals surface area contributed by atoms with Gasteiger partial charge in [0.15, 0.2) is 0 Å². The van der Waals surface area contributed by atoms with Gasteiger partial charge in [-0.3, -0.25) is 0 Å². The smallest absolute Gasteiger partial charge is 0.0730 e. The molecule has 3 nitrogen and oxygen atoms in total. The Morgan fingerprint density at radius 1 is 0.913 bits per heavy atom. The third kappa shape index (κ3) is 2.66. The van der Waals surface area contributed by atoms with Crippen LogP contribution in [0.15, 0.2) is 48.5 Å². The Morgan fingerprint density at radius 3 is 2.04 bits per heavy atom. The molecule has 0 spiro atoms. The Morgan fingerprint density at radius 2 is 1.48 bits per heavy atom. The number of hydrogen-bond acceptors (Lipinski definition) is 3. The molecule has 0 radical (unpaired) electrons. The molecule has 3 aromatic rings. The van der Waals surface area contributed by atoms with Crippen LogP contribution in [0, 0.1) is 5.92 Å². The second kappa shape index (κ2) is 6.17. The zero-order chi connectivity index (χ0) is 15.6. The highest BCUT2D eigenvalue weighted by molar-refractivity contribution is 6.07. The second-order valence-electron chi connectivity index (χ2n) is 6.50. The summed E-state index contributed by atoms with van der Waals surface area (Å²) in [7, 11) is 0. The Balaban J connectivity index is 1.81. The number of nitrogens with zero attached hydrogens (tertiary/aromatic N) is 2. The summed E-state index contributed by atoms with van der Waals surface area (Å²) in [4.78, 5) is 7.39. The molecule has 0 amide bonds. The zero-order valence-corrected chi connectivity index (χ0v) is 13.4. The van der Waals surface area contributed by atoms with Gasteiger partial charge in [0.25, 0.3) is 0 Å². The average Bonchev–Trinajstić information content (AvgIpc) is 2.61. The van der Waals surface area contributed by atoms with Crippen LogP contribution in [0.2, 0.25) is 0 Å². The minimum atomic E-state index is 0.788. The van der Waals surface area contributed by atoms with Crippen LogP contribution in [0.1, 0.15) is 19.3 Å². The molecule has 0 saturated carbocycles. The number of benzene rings is 2. The van der Waals surface area contributed by atoms with E-state index >= 15 is 0 Å². The van der Waals surface area contributed by atoms with Gasteiger partial charge in [0.1, 0.15) is 0 Å². The summed E-state index contributed by atoms with van der Waals surface area (Å²) in [5, 5.41) is 2.53. The van der Waals surface area contributed by atoms with E-state index in [-0.39, 0.29) is 0 Å². The number of pyridine rings is 1. The lowest BCUT2D eigenvalue weighted by atomic mass is 9.92. The van der Waals surface area contributed by atoms with Gasteiger partial charge in [0.2, 0.25) is 0 Å². The molecule has 4 rings (SSSR count). The molecule has 0 unspecified atom stereocenters. The molecule has 1 aliphatic heterocycles. The van der Waals surface area contributed by atoms with Crippen LogP contribution >= 0.6 is 0 Å². The Bertz CT molecular complexity index is 765. The standard InChI is InChI=1S/C20H23N3/c21-12-9-15-10-13-23(14-11-15)20-16-5-1-3-7-18(16)22-19-8-4-2-6-17(19)20/h1-8,15H,9-14,21H2. The van der Waals surface area contributed by atoms with E-state index < -0.39 is 0 Å². The SMILES string of the molecule is NCCC1CCN(c2c3ccccc3nc3ccccc23)CC1. The van der Waals surface area contributed by atoms with Crippen molar-refractivity contribution in [2.45, 2.75) is 19.3 Å². The first-order valence-corrected chi connectivity index (χ1v) is 8.59. The molecule has 1 aliphatic rings. The topological polar surface area (TPSA) is 42.1 Å². The van der Waals surface area contributed by atoms with Gasteiger partial charge in [-0.2, -0.15) is 0 Å². The van der Waals surface area contributed by atoms with Crippen molar-refractivity contribution in [2.75, 3.05) is 24.5 Å². The maximum absolute atomic E-state index is 5.73. The van der Waals surface area contributed by atoms with Crippen molar-refractivity contribution in [1.29, 1.82) is 0 Å². The summed E-state index contributed by atoms with van der Waals surface area (Å²) in [5.74, 6) is 0.788. The highest BCUT2D eigenvalue weighted by Gasteiger charge is 2.22. The van der Waals surface area contributed by atoms with E-state index in [2.05, 4.69) is 53.4 Å². The van der Waals surface area contributed by atoms with Gasteiger partial charge in [0, 0.05) is 23.9 Å². The predicted molar refractivity (Wildman–Crippen MR) is 97.9 cm³/mol. The average molecular weight is 305 g/mol. The summed E-state index contributed by atoms with van der Waals surface area (Å²) in [6, 6.07) is 17.0. The fraction of sp³-hybridized carbons (Fsp3) is 0.350. The van der Waals surface area contributed by atoms with E-state index in [1.165, 1.54) is 29.3 Å². The Kier molecular flexibility index (Phi) is 3.88. The molecule has 0 atom stereocenters. The number of aromatic nitrogens is 1. The van der Waals surface area contributed by atoms with Crippen molar-refractivity contribution in [3.05, 3.63) is 48.5 Å². The molecule has 0 aliphatic carbocycles. The molecule has 1 saturated heterocycles. The van der Waals surface area contributed by atoms with E-state index in [1.54, 1.807) is 0 Å². The Labute approximate surface area is 137 Å². The van der Waals surface area contributed by atoms with Crippen molar-refractivity contribution in [3.8, 4) is 0 Å². The van der Waals surface area contributed by atoms with Gasteiger partial charge in [-0.1, -0.05) is 36.4 Å². The highest BCUT2D eigenvalue weighted by Crippen LogP contribution is 2.36. The lowest BCUT2D eigenvalue weighted by molar-refractivity contribution is 0.387. The zero-order valence-electron chi connectivity index (χ0n) is 13.4. The first-order valence-electron chi connectivity index (χ1n) is 8.59. The third-order valence-corrected chi connectivity index (χ3v) is 5.06. The number of fused-ring (bicyclic) bond motifs is 2. The molecule has 23 heavy (non-hydrogen) atoms. The number of nitrogens with two attached hydrogens (primary N) is 1. The van der Waals surface area contributed by atoms with Crippen LogP contribution < -0.4 is 10.6 Å². The van der Waals surface area contributed by atoms with Crippen molar-refractivity contribution in [2.24, 2.45) is 11.7 Å². The molecule has 118 valence electrons. The van der Waals surface area contributed by atoms with E-state index in [0.717, 1.165) is 43.0 Å². The maximum Gasteiger partial charge on any atom is 0.0730 e. The Hall–Kier alpha value is -2.13. The fourth-order valence-electron chi connectivity index (χ4n) is 3.84. The molecular weight excluding hydrogens is 282 g/mol. The summed E-state index contributed by atoms with van der Waals surface area (Å²) in [6.45, 7) is 3.04. The maximum atomic E-state index is 5.73. The molecule has 2 aromatic carbocycles. The summed E-state index contributed by atoms with van der Waals surface area (Å²) < 4.78 is 0.